The smallest absolute Gasteiger partial charge is 0.417 e. The fraction of sp³-hybridized carbons (Fsp3) is 0.471. The lowest BCUT2D eigenvalue weighted by Crippen LogP contribution is -2.39. The molecular weight excluding hydrogens is 389 g/mol. The van der Waals surface area contributed by atoms with Crippen LogP contribution in [0.25, 0.3) is 5.57 Å². The van der Waals surface area contributed by atoms with Gasteiger partial charge in [-0.2, -0.15) is 17.5 Å². The van der Waals surface area contributed by atoms with Crippen LogP contribution in [-0.4, -0.2) is 29.7 Å². The van der Waals surface area contributed by atoms with E-state index in [1.807, 2.05) is 0 Å². The number of carbonyl (C=O) groups excluding carboxylic acids is 1. The minimum atomic E-state index is -4.60. The highest BCUT2D eigenvalue weighted by Crippen LogP contribution is 2.42. The number of carbonyl (C=O) groups is 1. The van der Waals surface area contributed by atoms with Crippen molar-refractivity contribution in [3.05, 3.63) is 34.4 Å². The number of amides is 1. The first-order valence-electron chi connectivity index (χ1n) is 7.84. The molecule has 0 aliphatic carbocycles. The van der Waals surface area contributed by atoms with Crippen molar-refractivity contribution in [1.82, 2.24) is 4.90 Å². The zero-order chi connectivity index (χ0) is 19.7. The minimum absolute atomic E-state index is 0.0205. The molecule has 26 heavy (non-hydrogen) atoms. The number of hydrogen-bond acceptors (Lipinski definition) is 4. The molecule has 0 aromatic heterocycles. The number of nitrogens with zero attached hydrogens (tertiary/aromatic N) is 2. The molecule has 1 aromatic rings. The molecule has 4 nitrogen and oxygen atoms in total. The summed E-state index contributed by atoms with van der Waals surface area (Å²) in [7, 11) is 0. The van der Waals surface area contributed by atoms with Crippen LogP contribution in [0, 0.1) is 0 Å². The van der Waals surface area contributed by atoms with Gasteiger partial charge in [0, 0.05) is 31.1 Å². The Bertz CT molecular complexity index is 758. The Morgan fingerprint density at radius 1 is 1.31 bits per heavy atom. The van der Waals surface area contributed by atoms with Crippen LogP contribution in [0.1, 0.15) is 38.3 Å². The second kappa shape index (κ2) is 7.52. The number of rotatable bonds is 2. The van der Waals surface area contributed by atoms with Crippen LogP contribution in [0.4, 0.5) is 23.7 Å². The van der Waals surface area contributed by atoms with Gasteiger partial charge in [-0.25, -0.2) is 4.79 Å². The number of alkyl halides is 3. The van der Waals surface area contributed by atoms with Crippen LogP contribution < -0.4 is 0 Å². The molecule has 0 saturated heterocycles. The van der Waals surface area contributed by atoms with Crippen LogP contribution >= 0.6 is 11.6 Å². The predicted molar refractivity (Wildman–Crippen MR) is 96.3 cm³/mol. The molecule has 142 valence electrons. The molecule has 2 rings (SSSR count). The summed E-state index contributed by atoms with van der Waals surface area (Å²) < 4.78 is 49.0. The predicted octanol–water partition coefficient (Wildman–Crippen LogP) is 5.75. The summed E-state index contributed by atoms with van der Waals surface area (Å²) in [6.07, 6.45) is -3.31. The van der Waals surface area contributed by atoms with Gasteiger partial charge in [0.2, 0.25) is 0 Å². The highest BCUT2D eigenvalue weighted by Gasteiger charge is 2.36. The highest BCUT2D eigenvalue weighted by molar-refractivity contribution is 7.47. The lowest BCUT2D eigenvalue weighted by atomic mass is 9.94. The summed E-state index contributed by atoms with van der Waals surface area (Å²) in [4.78, 5) is 13.5. The van der Waals surface area contributed by atoms with E-state index < -0.39 is 23.4 Å². The molecule has 1 amide bonds. The lowest BCUT2D eigenvalue weighted by Gasteiger charge is -2.30. The molecule has 1 aliphatic heterocycles. The molecule has 0 bridgehead atoms. The summed E-state index contributed by atoms with van der Waals surface area (Å²) in [6, 6.07) is 2.19. The lowest BCUT2D eigenvalue weighted by molar-refractivity contribution is -0.137. The Hall–Kier alpha value is -1.67. The van der Waals surface area contributed by atoms with Gasteiger partial charge in [-0.1, -0.05) is 17.7 Å². The third-order valence-corrected chi connectivity index (χ3v) is 4.18. The Morgan fingerprint density at radius 2 is 1.96 bits per heavy atom. The molecule has 0 N–H and O–H groups in total. The third-order valence-electron chi connectivity index (χ3n) is 3.67. The Kier molecular flexibility index (Phi) is 5.97. The van der Waals surface area contributed by atoms with Gasteiger partial charge in [-0.3, -0.25) is 0 Å². The molecule has 0 atom stereocenters. The van der Waals surface area contributed by atoms with Gasteiger partial charge in [0.15, 0.2) is 0 Å². The summed E-state index contributed by atoms with van der Waals surface area (Å²) in [5, 5.41) is -0.0691. The second-order valence-electron chi connectivity index (χ2n) is 6.84. The van der Waals surface area contributed by atoms with Gasteiger partial charge in [0.05, 0.1) is 16.3 Å². The van der Waals surface area contributed by atoms with E-state index in [-0.39, 0.29) is 35.8 Å². The van der Waals surface area contributed by atoms with E-state index in [9.17, 15) is 18.0 Å². The average molecular weight is 407 g/mol. The standard InChI is InChI=1S/C17H18ClF3N2O2S/c1-16(2,3)25-15(24)23-6-4-10(5-7-23)14-12(17(19,20)21)8-11(22-26)9-13(14)18/h4,8-9H,5-7H2,1-3H3. The molecule has 1 heterocycles. The molecule has 0 fully saturated rings. The van der Waals surface area contributed by atoms with Crippen LogP contribution in [0.5, 0.6) is 0 Å². The summed E-state index contributed by atoms with van der Waals surface area (Å²) in [5.41, 5.74) is -1.21. The summed E-state index contributed by atoms with van der Waals surface area (Å²) in [5.74, 6) is 0. The average Bonchev–Trinajstić information content (AvgIpc) is 2.51. The largest absolute Gasteiger partial charge is 0.444 e. The van der Waals surface area contributed by atoms with E-state index >= 15 is 0 Å². The number of hydrogen-bond donors (Lipinski definition) is 0. The van der Waals surface area contributed by atoms with Crippen molar-refractivity contribution in [1.29, 1.82) is 0 Å². The van der Waals surface area contributed by atoms with Gasteiger partial charge in [0.25, 0.3) is 0 Å². The maximum atomic E-state index is 13.4. The molecule has 9 heteroatoms. The third kappa shape index (κ3) is 4.94. The summed E-state index contributed by atoms with van der Waals surface area (Å²) in [6.45, 7) is 5.62. The maximum absolute atomic E-state index is 13.4. The van der Waals surface area contributed by atoms with E-state index in [0.717, 1.165) is 6.07 Å². The van der Waals surface area contributed by atoms with Gasteiger partial charge >= 0.3 is 12.3 Å². The van der Waals surface area contributed by atoms with Crippen molar-refractivity contribution >= 4 is 41.4 Å². The minimum Gasteiger partial charge on any atom is -0.444 e. The van der Waals surface area contributed by atoms with E-state index in [2.05, 4.69) is 16.8 Å². The van der Waals surface area contributed by atoms with Gasteiger partial charge in [-0.15, -0.1) is 0 Å². The SMILES string of the molecule is CC(C)(C)OC(=O)N1CC=C(c2c(Cl)cc(N=S)cc2C(F)(F)F)CC1. The van der Waals surface area contributed by atoms with Crippen molar-refractivity contribution in [2.45, 2.75) is 39.0 Å². The number of benzene rings is 1. The Balaban J connectivity index is 2.33. The fourth-order valence-corrected chi connectivity index (χ4v) is 3.02. The van der Waals surface area contributed by atoms with Crippen molar-refractivity contribution < 1.29 is 22.7 Å². The van der Waals surface area contributed by atoms with E-state index in [4.69, 9.17) is 16.3 Å². The molecule has 0 radical (unpaired) electrons. The van der Waals surface area contributed by atoms with E-state index in [0.29, 0.717) is 5.57 Å². The second-order valence-corrected chi connectivity index (χ2v) is 7.43. The monoisotopic (exact) mass is 406 g/mol. The van der Waals surface area contributed by atoms with Crippen molar-refractivity contribution in [2.75, 3.05) is 13.1 Å². The molecule has 0 unspecified atom stereocenters. The quantitative estimate of drug-likeness (QED) is 0.628. The van der Waals surface area contributed by atoms with Crippen molar-refractivity contribution in [2.24, 2.45) is 4.36 Å². The van der Waals surface area contributed by atoms with Gasteiger partial charge in [-0.05, 0) is 44.9 Å². The Morgan fingerprint density at radius 3 is 2.42 bits per heavy atom. The topological polar surface area (TPSA) is 41.9 Å². The van der Waals surface area contributed by atoms with Crippen LogP contribution in [0.15, 0.2) is 22.6 Å². The maximum Gasteiger partial charge on any atom is 0.417 e. The normalized spacial score (nSPS) is 15.5. The van der Waals surface area contributed by atoms with Gasteiger partial charge in [0.1, 0.15) is 5.60 Å². The molecule has 0 saturated carbocycles. The van der Waals surface area contributed by atoms with E-state index in [1.165, 1.54) is 11.0 Å². The number of halogens is 4. The highest BCUT2D eigenvalue weighted by atomic mass is 35.5. The first-order valence-corrected chi connectivity index (χ1v) is 8.58. The number of ether oxygens (including phenoxy) is 1. The van der Waals surface area contributed by atoms with Crippen molar-refractivity contribution in [3.63, 3.8) is 0 Å². The molecule has 1 aromatic carbocycles. The first-order chi connectivity index (χ1) is 11.9. The fourth-order valence-electron chi connectivity index (χ4n) is 2.58. The van der Waals surface area contributed by atoms with Crippen LogP contribution in [0.3, 0.4) is 0 Å². The van der Waals surface area contributed by atoms with Crippen LogP contribution in [0.2, 0.25) is 5.02 Å². The molecular formula is C17H18ClF3N2O2S. The van der Waals surface area contributed by atoms with E-state index in [1.54, 1.807) is 26.8 Å². The zero-order valence-corrected chi connectivity index (χ0v) is 16.1. The Labute approximate surface area is 160 Å². The molecule has 1 aliphatic rings. The zero-order valence-electron chi connectivity index (χ0n) is 14.5. The molecule has 0 spiro atoms. The van der Waals surface area contributed by atoms with Gasteiger partial charge < -0.3 is 9.64 Å². The first kappa shape index (κ1) is 20.6. The van der Waals surface area contributed by atoms with Crippen molar-refractivity contribution in [3.8, 4) is 0 Å². The van der Waals surface area contributed by atoms with Crippen LogP contribution in [-0.2, 0) is 23.3 Å². The summed E-state index contributed by atoms with van der Waals surface area (Å²) >= 11 is 10.6.